The number of hydrogen-bond donors (Lipinski definition) is 4. The molecule has 6 aromatic rings. The van der Waals surface area contributed by atoms with Gasteiger partial charge in [-0.15, -0.1) is 22.7 Å². The number of nitrogens with one attached hydrogen (secondary N) is 3. The van der Waals surface area contributed by atoms with Gasteiger partial charge >= 0.3 is 0 Å². The van der Waals surface area contributed by atoms with Crippen molar-refractivity contribution in [2.75, 3.05) is 49.9 Å². The van der Waals surface area contributed by atoms with Gasteiger partial charge in [-0.25, -0.2) is 28.7 Å². The number of likely N-dealkylation sites (tertiary alicyclic amines) is 2. The van der Waals surface area contributed by atoms with Crippen molar-refractivity contribution < 1.29 is 28.0 Å². The summed E-state index contributed by atoms with van der Waals surface area (Å²) in [6.45, 7) is 13.7. The SMILES string of the molecule is CC(=O)Cl.CC(=O)NC[C@@H]1CCN(C(=O)c2nc(N[C@@H](C)c3cncc(F)c3)nc3nc(C)sc23)C1.Cc1nc2nc(N[C@@H](C)c3cncc(F)c3)nc(C(=O)N3CC[C@@H](CN)C3)c2s1. The minimum Gasteiger partial charge on any atom is -0.356 e. The number of aryl methyl sites for hydroxylation is 2. The summed E-state index contributed by atoms with van der Waals surface area (Å²) in [5.74, 6) is -0.197. The number of anilines is 2. The van der Waals surface area contributed by atoms with Gasteiger partial charge in [0, 0.05) is 59.0 Å². The Balaban J connectivity index is 0.000000200. The van der Waals surface area contributed by atoms with Crippen molar-refractivity contribution in [3.05, 3.63) is 81.1 Å². The van der Waals surface area contributed by atoms with Crippen LogP contribution in [0.1, 0.15) is 94.7 Å². The number of hydrogen-bond acceptors (Lipinski definition) is 17. The van der Waals surface area contributed by atoms with Crippen LogP contribution >= 0.6 is 34.3 Å². The van der Waals surface area contributed by atoms with Gasteiger partial charge in [-0.1, -0.05) is 0 Å². The topological polar surface area (TPSA) is 240 Å². The van der Waals surface area contributed by atoms with Gasteiger partial charge in [0.2, 0.25) is 23.0 Å². The highest BCUT2D eigenvalue weighted by Gasteiger charge is 2.31. The number of thiazole rings is 2. The maximum absolute atomic E-state index is 13.5. The van der Waals surface area contributed by atoms with Crippen molar-refractivity contribution in [3.8, 4) is 0 Å². The zero-order valence-electron chi connectivity index (χ0n) is 36.6. The summed E-state index contributed by atoms with van der Waals surface area (Å²) >= 11 is 7.42. The average molecular weight is 952 g/mol. The number of nitrogens with zero attached hydrogens (tertiary/aromatic N) is 10. The predicted octanol–water partition coefficient (Wildman–Crippen LogP) is 5.99. The molecule has 18 nitrogen and oxygen atoms in total. The minimum atomic E-state index is -0.429. The molecule has 344 valence electrons. The first kappa shape index (κ1) is 48.5. The van der Waals surface area contributed by atoms with Crippen LogP contribution in [0.25, 0.3) is 20.7 Å². The lowest BCUT2D eigenvalue weighted by atomic mass is 10.1. The number of nitrogens with two attached hydrogens (primary N) is 1. The fourth-order valence-corrected chi connectivity index (χ4v) is 8.82. The van der Waals surface area contributed by atoms with Crippen molar-refractivity contribution in [1.29, 1.82) is 0 Å². The van der Waals surface area contributed by atoms with E-state index < -0.39 is 11.6 Å². The third-order valence-corrected chi connectivity index (χ3v) is 12.3. The molecule has 0 saturated carbocycles. The molecule has 4 atom stereocenters. The molecule has 2 saturated heterocycles. The normalized spacial score (nSPS) is 16.6. The zero-order chi connectivity index (χ0) is 46.9. The summed E-state index contributed by atoms with van der Waals surface area (Å²) in [7, 11) is 0. The maximum Gasteiger partial charge on any atom is 0.274 e. The Morgan fingerprint density at radius 1 is 0.738 bits per heavy atom. The average Bonchev–Trinajstić information content (AvgIpc) is 4.08. The molecule has 0 aliphatic carbocycles. The smallest absolute Gasteiger partial charge is 0.274 e. The molecule has 8 rings (SSSR count). The lowest BCUT2D eigenvalue weighted by Crippen LogP contribution is -2.32. The molecule has 3 amide bonds. The fourth-order valence-electron chi connectivity index (χ4n) is 7.14. The number of carbonyl (C=O) groups excluding carboxylic acids is 4. The van der Waals surface area contributed by atoms with E-state index >= 15 is 0 Å². The first-order valence-electron chi connectivity index (χ1n) is 20.7. The molecule has 0 aromatic carbocycles. The fraction of sp³-hybridized carbons (Fsp3) is 0.429. The van der Waals surface area contributed by atoms with Crippen molar-refractivity contribution in [3.63, 3.8) is 0 Å². The highest BCUT2D eigenvalue weighted by Crippen LogP contribution is 2.30. The standard InChI is InChI=1S/C21H24FN7O2S.C19H22FN7OS.C2H3ClO/c1-11(15-6-16(22)9-23-8-15)25-21-27-17(18-19(28-21)26-13(3)32-18)20(31)29-5-4-14(10-29)7-24-12(2)30;1-10(13-5-14(20)8-22-7-13)23-19-25-15(16-17(26-19)24-11(2)29-16)18(28)27-4-3-12(6-21)9-27;1-2(3)4/h6,8-9,11,14H,4-5,7,10H2,1-3H3,(H,24,30)(H,25,27,28);5,7-8,10,12H,3-4,6,9,21H2,1-2H3,(H,23,25,26);1H3/t11-,14-;10-,12-;/m00./s1. The third-order valence-electron chi connectivity index (χ3n) is 10.4. The molecule has 0 bridgehead atoms. The zero-order valence-corrected chi connectivity index (χ0v) is 39.0. The van der Waals surface area contributed by atoms with E-state index in [4.69, 9.17) is 5.73 Å². The van der Waals surface area contributed by atoms with Crippen molar-refractivity contribution in [2.24, 2.45) is 17.6 Å². The Morgan fingerprint density at radius 2 is 1.17 bits per heavy atom. The van der Waals surface area contributed by atoms with E-state index in [2.05, 4.69) is 67.4 Å². The predicted molar refractivity (Wildman–Crippen MR) is 245 cm³/mol. The molecule has 6 aromatic heterocycles. The number of aromatic nitrogens is 8. The van der Waals surface area contributed by atoms with Crippen LogP contribution < -0.4 is 21.7 Å². The number of rotatable bonds is 11. The van der Waals surface area contributed by atoms with Crippen LogP contribution in [0.15, 0.2) is 36.9 Å². The van der Waals surface area contributed by atoms with E-state index in [9.17, 15) is 28.0 Å². The second-order valence-electron chi connectivity index (χ2n) is 15.6. The van der Waals surface area contributed by atoms with E-state index in [1.807, 2.05) is 27.7 Å². The van der Waals surface area contributed by atoms with E-state index in [0.29, 0.717) is 88.4 Å². The maximum atomic E-state index is 13.5. The minimum absolute atomic E-state index is 0.0780. The largest absolute Gasteiger partial charge is 0.356 e. The van der Waals surface area contributed by atoms with Gasteiger partial charge in [-0.3, -0.25) is 29.1 Å². The van der Waals surface area contributed by atoms with Crippen molar-refractivity contribution >= 4 is 89.8 Å². The third kappa shape index (κ3) is 12.9. The molecule has 2 aliphatic heterocycles. The summed E-state index contributed by atoms with van der Waals surface area (Å²) in [6.07, 6.45) is 7.15. The second-order valence-corrected chi connectivity index (χ2v) is 18.6. The molecule has 0 spiro atoms. The Kier molecular flexibility index (Phi) is 16.3. The van der Waals surface area contributed by atoms with E-state index in [0.717, 1.165) is 35.3 Å². The quantitative estimate of drug-likeness (QED) is 0.109. The number of pyridine rings is 2. The van der Waals surface area contributed by atoms with Gasteiger partial charge < -0.3 is 31.5 Å². The summed E-state index contributed by atoms with van der Waals surface area (Å²) in [6, 6.07) is 2.17. The molecular weight excluding hydrogens is 902 g/mol. The van der Waals surface area contributed by atoms with Gasteiger partial charge in [0.25, 0.3) is 11.8 Å². The van der Waals surface area contributed by atoms with E-state index in [-0.39, 0.29) is 52.9 Å². The van der Waals surface area contributed by atoms with Crippen molar-refractivity contribution in [2.45, 2.75) is 66.5 Å². The van der Waals surface area contributed by atoms with Crippen LogP contribution in [-0.2, 0) is 9.59 Å². The number of amides is 3. The Bertz CT molecular complexity index is 2690. The molecule has 23 heteroatoms. The van der Waals surface area contributed by atoms with Crippen LogP contribution in [0.4, 0.5) is 20.7 Å². The molecular formula is C42H49ClF2N14O4S2. The molecule has 0 radical (unpaired) electrons. The highest BCUT2D eigenvalue weighted by atomic mass is 35.5. The number of carbonyl (C=O) groups is 4. The lowest BCUT2D eigenvalue weighted by molar-refractivity contribution is -0.119. The molecule has 65 heavy (non-hydrogen) atoms. The Hall–Kier alpha value is -5.97. The number of halogens is 3. The van der Waals surface area contributed by atoms with Crippen LogP contribution in [0.2, 0.25) is 0 Å². The van der Waals surface area contributed by atoms with Crippen LogP contribution in [0.5, 0.6) is 0 Å². The van der Waals surface area contributed by atoms with Crippen LogP contribution in [-0.4, -0.2) is 112 Å². The summed E-state index contributed by atoms with van der Waals surface area (Å²) in [5.41, 5.74) is 8.62. The van der Waals surface area contributed by atoms with Gasteiger partial charge in [0.15, 0.2) is 22.7 Å². The Labute approximate surface area is 386 Å². The van der Waals surface area contributed by atoms with E-state index in [1.165, 1.54) is 48.7 Å². The van der Waals surface area contributed by atoms with Gasteiger partial charge in [-0.05, 0) is 93.8 Å². The number of fused-ring (bicyclic) bond motifs is 2. The summed E-state index contributed by atoms with van der Waals surface area (Å²) in [4.78, 5) is 85.0. The molecule has 0 unspecified atom stereocenters. The molecule has 8 heterocycles. The van der Waals surface area contributed by atoms with Gasteiger partial charge in [-0.2, -0.15) is 9.97 Å². The first-order valence-corrected chi connectivity index (χ1v) is 22.7. The summed E-state index contributed by atoms with van der Waals surface area (Å²) in [5, 5.41) is 10.3. The molecule has 2 aliphatic rings. The van der Waals surface area contributed by atoms with Crippen molar-refractivity contribution in [1.82, 2.24) is 55.0 Å². The summed E-state index contributed by atoms with van der Waals surface area (Å²) < 4.78 is 28.4. The lowest BCUT2D eigenvalue weighted by Gasteiger charge is -2.18. The Morgan fingerprint density at radius 3 is 1.57 bits per heavy atom. The van der Waals surface area contributed by atoms with Crippen LogP contribution in [0, 0.1) is 37.3 Å². The van der Waals surface area contributed by atoms with Gasteiger partial charge in [0.05, 0.1) is 34.5 Å². The highest BCUT2D eigenvalue weighted by molar-refractivity contribution is 7.19. The first-order chi connectivity index (χ1) is 31.0. The molecule has 2 fully saturated rings. The second kappa shape index (κ2) is 21.8. The monoisotopic (exact) mass is 950 g/mol. The van der Waals surface area contributed by atoms with Crippen LogP contribution in [0.3, 0.4) is 0 Å². The van der Waals surface area contributed by atoms with Gasteiger partial charge in [0.1, 0.15) is 21.0 Å². The van der Waals surface area contributed by atoms with E-state index in [1.54, 1.807) is 22.2 Å². The molecule has 5 N–H and O–H groups in total.